The van der Waals surface area contributed by atoms with Crippen LogP contribution in [0, 0.1) is 6.92 Å². The van der Waals surface area contributed by atoms with Crippen molar-refractivity contribution in [2.75, 3.05) is 13.1 Å². The minimum atomic E-state index is -3.89. The second-order valence-electron chi connectivity index (χ2n) is 5.93. The summed E-state index contributed by atoms with van der Waals surface area (Å²) in [6, 6.07) is 11.3. The predicted molar refractivity (Wildman–Crippen MR) is 108 cm³/mol. The Kier molecular flexibility index (Phi) is 7.44. The van der Waals surface area contributed by atoms with Crippen LogP contribution < -0.4 is 5.32 Å². The highest BCUT2D eigenvalue weighted by Gasteiger charge is 2.27. The molecule has 5 nitrogen and oxygen atoms in total. The molecule has 1 N–H and O–H groups in total. The van der Waals surface area contributed by atoms with E-state index in [9.17, 15) is 13.2 Å². The molecule has 0 aliphatic rings. The zero-order valence-electron chi connectivity index (χ0n) is 14.8. The molecule has 0 aliphatic carbocycles. The first-order valence-corrected chi connectivity index (χ1v) is 10.3. The Morgan fingerprint density at radius 1 is 1.15 bits per heavy atom. The summed E-state index contributed by atoms with van der Waals surface area (Å²) < 4.78 is 27.3. The van der Waals surface area contributed by atoms with Crippen molar-refractivity contribution >= 4 is 39.1 Å². The fourth-order valence-electron chi connectivity index (χ4n) is 2.33. The molecule has 2 aromatic carbocycles. The van der Waals surface area contributed by atoms with Crippen LogP contribution in [0.1, 0.15) is 11.1 Å². The third kappa shape index (κ3) is 5.81. The number of aryl methyl sites for hydroxylation is 1. The van der Waals surface area contributed by atoms with Gasteiger partial charge in [-0.05, 0) is 36.8 Å². The third-order valence-electron chi connectivity index (χ3n) is 3.77. The standard InChI is InChI=1S/C19H20Cl2N2O3S/c1-3-10-22-19(24)13-23(12-15-6-9-17(20)18(21)11-15)27(25,26)16-7-4-14(2)5-8-16/h3-9,11H,1,10,12-13H2,2H3,(H,22,24). The molecule has 8 heteroatoms. The van der Waals surface area contributed by atoms with Gasteiger partial charge in [0, 0.05) is 13.1 Å². The first-order valence-electron chi connectivity index (χ1n) is 8.12. The number of hydrogen-bond donors (Lipinski definition) is 1. The maximum absolute atomic E-state index is 13.1. The molecule has 0 radical (unpaired) electrons. The van der Waals surface area contributed by atoms with E-state index >= 15 is 0 Å². The van der Waals surface area contributed by atoms with Crippen LogP contribution in [0.15, 0.2) is 60.0 Å². The Labute approximate surface area is 169 Å². The van der Waals surface area contributed by atoms with E-state index in [-0.39, 0.29) is 24.5 Å². The SMILES string of the molecule is C=CCNC(=O)CN(Cc1ccc(Cl)c(Cl)c1)S(=O)(=O)c1ccc(C)cc1. The van der Waals surface area contributed by atoms with Gasteiger partial charge in [0.15, 0.2) is 0 Å². The summed E-state index contributed by atoms with van der Waals surface area (Å²) in [5.74, 6) is -0.425. The highest BCUT2D eigenvalue weighted by molar-refractivity contribution is 7.89. The third-order valence-corrected chi connectivity index (χ3v) is 6.31. The lowest BCUT2D eigenvalue weighted by Gasteiger charge is -2.22. The van der Waals surface area contributed by atoms with E-state index in [1.807, 2.05) is 6.92 Å². The molecule has 0 bridgehead atoms. The summed E-state index contributed by atoms with van der Waals surface area (Å²) in [7, 11) is -3.89. The summed E-state index contributed by atoms with van der Waals surface area (Å²) in [4.78, 5) is 12.3. The van der Waals surface area contributed by atoms with E-state index in [0.29, 0.717) is 15.6 Å². The average Bonchev–Trinajstić information content (AvgIpc) is 2.62. The van der Waals surface area contributed by atoms with Gasteiger partial charge in [-0.1, -0.05) is 53.0 Å². The van der Waals surface area contributed by atoms with Crippen molar-refractivity contribution in [1.29, 1.82) is 0 Å². The molecule has 144 valence electrons. The predicted octanol–water partition coefficient (Wildman–Crippen LogP) is 3.79. The number of nitrogens with zero attached hydrogens (tertiary/aromatic N) is 1. The number of hydrogen-bond acceptors (Lipinski definition) is 3. The van der Waals surface area contributed by atoms with Crippen LogP contribution >= 0.6 is 23.2 Å². The van der Waals surface area contributed by atoms with Gasteiger partial charge in [0.2, 0.25) is 15.9 Å². The first kappa shape index (κ1) is 21.4. The molecule has 0 spiro atoms. The molecule has 0 aliphatic heterocycles. The van der Waals surface area contributed by atoms with Gasteiger partial charge in [0.25, 0.3) is 0 Å². The first-order chi connectivity index (χ1) is 12.7. The van der Waals surface area contributed by atoms with Crippen molar-refractivity contribution in [1.82, 2.24) is 9.62 Å². The molecule has 2 rings (SSSR count). The Morgan fingerprint density at radius 2 is 1.81 bits per heavy atom. The fraction of sp³-hybridized carbons (Fsp3) is 0.211. The second kappa shape index (κ2) is 9.37. The Balaban J connectivity index is 2.35. The quantitative estimate of drug-likeness (QED) is 0.652. The van der Waals surface area contributed by atoms with Crippen molar-refractivity contribution in [3.63, 3.8) is 0 Å². The van der Waals surface area contributed by atoms with E-state index in [0.717, 1.165) is 9.87 Å². The van der Waals surface area contributed by atoms with Crippen LogP contribution in [-0.4, -0.2) is 31.7 Å². The smallest absolute Gasteiger partial charge is 0.243 e. The van der Waals surface area contributed by atoms with Gasteiger partial charge in [-0.3, -0.25) is 4.79 Å². The number of carbonyl (C=O) groups is 1. The molecule has 0 aromatic heterocycles. The highest BCUT2D eigenvalue weighted by Crippen LogP contribution is 2.25. The summed E-state index contributed by atoms with van der Waals surface area (Å²) in [5, 5.41) is 3.28. The highest BCUT2D eigenvalue weighted by atomic mass is 35.5. The number of sulfonamides is 1. The van der Waals surface area contributed by atoms with E-state index in [4.69, 9.17) is 23.2 Å². The fourth-order valence-corrected chi connectivity index (χ4v) is 4.03. The van der Waals surface area contributed by atoms with E-state index < -0.39 is 15.9 Å². The van der Waals surface area contributed by atoms with Crippen molar-refractivity contribution in [3.05, 3.63) is 76.3 Å². The maximum atomic E-state index is 13.1. The molecule has 1 amide bonds. The van der Waals surface area contributed by atoms with Crippen LogP contribution in [0.3, 0.4) is 0 Å². The zero-order valence-corrected chi connectivity index (χ0v) is 17.1. The molecule has 0 atom stereocenters. The zero-order chi connectivity index (χ0) is 20.0. The van der Waals surface area contributed by atoms with Crippen molar-refractivity contribution in [2.24, 2.45) is 0 Å². The summed E-state index contributed by atoms with van der Waals surface area (Å²) in [6.45, 7) is 5.30. The van der Waals surface area contributed by atoms with Crippen LogP contribution in [-0.2, 0) is 21.4 Å². The van der Waals surface area contributed by atoms with Crippen LogP contribution in [0.4, 0.5) is 0 Å². The van der Waals surface area contributed by atoms with E-state index in [1.54, 1.807) is 30.3 Å². The Morgan fingerprint density at radius 3 is 2.41 bits per heavy atom. The van der Waals surface area contributed by atoms with Crippen LogP contribution in [0.2, 0.25) is 10.0 Å². The molecule has 0 fully saturated rings. The maximum Gasteiger partial charge on any atom is 0.243 e. The molecular weight excluding hydrogens is 407 g/mol. The molecule has 0 saturated heterocycles. The van der Waals surface area contributed by atoms with Crippen molar-refractivity contribution in [2.45, 2.75) is 18.4 Å². The van der Waals surface area contributed by atoms with E-state index in [1.165, 1.54) is 18.2 Å². The number of amides is 1. The molecular formula is C19H20Cl2N2O3S. The monoisotopic (exact) mass is 426 g/mol. The minimum absolute atomic E-state index is 0.0192. The van der Waals surface area contributed by atoms with Crippen LogP contribution in [0.5, 0.6) is 0 Å². The van der Waals surface area contributed by atoms with Gasteiger partial charge in [0.05, 0.1) is 21.5 Å². The Bertz CT molecular complexity index is 928. The number of benzene rings is 2. The minimum Gasteiger partial charge on any atom is -0.351 e. The summed E-state index contributed by atoms with van der Waals surface area (Å²) in [5.41, 5.74) is 1.56. The lowest BCUT2D eigenvalue weighted by Crippen LogP contribution is -2.40. The van der Waals surface area contributed by atoms with Crippen molar-refractivity contribution < 1.29 is 13.2 Å². The van der Waals surface area contributed by atoms with Gasteiger partial charge in [-0.2, -0.15) is 4.31 Å². The van der Waals surface area contributed by atoms with Gasteiger partial charge >= 0.3 is 0 Å². The molecule has 27 heavy (non-hydrogen) atoms. The van der Waals surface area contributed by atoms with Crippen LogP contribution in [0.25, 0.3) is 0 Å². The van der Waals surface area contributed by atoms with Gasteiger partial charge in [0.1, 0.15) is 0 Å². The normalized spacial score (nSPS) is 11.4. The number of carbonyl (C=O) groups excluding carboxylic acids is 1. The number of rotatable bonds is 8. The largest absolute Gasteiger partial charge is 0.351 e. The second-order valence-corrected chi connectivity index (χ2v) is 8.68. The summed E-state index contributed by atoms with van der Waals surface area (Å²) in [6.07, 6.45) is 1.52. The number of halogens is 2. The molecule has 2 aromatic rings. The lowest BCUT2D eigenvalue weighted by atomic mass is 10.2. The lowest BCUT2D eigenvalue weighted by molar-refractivity contribution is -0.121. The summed E-state index contributed by atoms with van der Waals surface area (Å²) >= 11 is 12.0. The van der Waals surface area contributed by atoms with Gasteiger partial charge < -0.3 is 5.32 Å². The van der Waals surface area contributed by atoms with Crippen molar-refractivity contribution in [3.8, 4) is 0 Å². The molecule has 0 unspecified atom stereocenters. The number of nitrogens with one attached hydrogen (secondary N) is 1. The average molecular weight is 427 g/mol. The van der Waals surface area contributed by atoms with E-state index in [2.05, 4.69) is 11.9 Å². The topological polar surface area (TPSA) is 66.5 Å². The molecule has 0 saturated carbocycles. The Hall–Kier alpha value is -1.86. The van der Waals surface area contributed by atoms with Gasteiger partial charge in [-0.25, -0.2) is 8.42 Å². The van der Waals surface area contributed by atoms with Gasteiger partial charge in [-0.15, -0.1) is 6.58 Å². The molecule has 0 heterocycles.